The van der Waals surface area contributed by atoms with E-state index in [0.717, 1.165) is 11.1 Å². The van der Waals surface area contributed by atoms with E-state index in [1.165, 1.54) is 10.9 Å². The fourth-order valence-electron chi connectivity index (χ4n) is 2.80. The van der Waals surface area contributed by atoms with Crippen molar-refractivity contribution >= 4 is 17.3 Å². The largest absolute Gasteiger partial charge is 0.378 e. The number of hydrogen-bond donors (Lipinski definition) is 1. The average Bonchev–Trinajstić information content (AvgIpc) is 2.61. The van der Waals surface area contributed by atoms with Crippen molar-refractivity contribution < 1.29 is 9.53 Å². The summed E-state index contributed by atoms with van der Waals surface area (Å²) in [6.07, 6.45) is 1.78. The number of benzene rings is 1. The Hall–Kier alpha value is -2.67. The summed E-state index contributed by atoms with van der Waals surface area (Å²) in [5, 5.41) is 6.88. The predicted molar refractivity (Wildman–Crippen MR) is 96.0 cm³/mol. The Kier molecular flexibility index (Phi) is 5.14. The van der Waals surface area contributed by atoms with Gasteiger partial charge in [-0.1, -0.05) is 29.8 Å². The van der Waals surface area contributed by atoms with Crippen LogP contribution in [0.3, 0.4) is 0 Å². The number of carbonyl (C=O) groups is 1. The first-order valence-electron chi connectivity index (χ1n) is 8.29. The highest BCUT2D eigenvalue weighted by atomic mass is 16.5. The van der Waals surface area contributed by atoms with E-state index in [4.69, 9.17) is 4.74 Å². The Bertz CT molecular complexity index is 808. The summed E-state index contributed by atoms with van der Waals surface area (Å²) in [7, 11) is 1.60. The summed E-state index contributed by atoms with van der Waals surface area (Å²) in [5.74, 6) is -0.173. The quantitative estimate of drug-likeness (QED) is 0.901. The number of aromatic nitrogens is 2. The first kappa shape index (κ1) is 17.2. The van der Waals surface area contributed by atoms with Crippen LogP contribution in [-0.2, 0) is 23.0 Å². The highest BCUT2D eigenvalue weighted by Crippen LogP contribution is 2.21. The Morgan fingerprint density at radius 1 is 1.24 bits per heavy atom. The van der Waals surface area contributed by atoms with Crippen molar-refractivity contribution in [1.82, 2.24) is 9.78 Å². The van der Waals surface area contributed by atoms with Crippen LogP contribution >= 0.6 is 0 Å². The van der Waals surface area contributed by atoms with Gasteiger partial charge in [0.2, 0.25) is 5.91 Å². The van der Waals surface area contributed by atoms with Crippen LogP contribution in [0.4, 0.5) is 11.4 Å². The van der Waals surface area contributed by atoms with Gasteiger partial charge in [0.05, 0.1) is 31.5 Å². The molecule has 1 aliphatic heterocycles. The number of nitrogens with one attached hydrogen (secondary N) is 1. The van der Waals surface area contributed by atoms with E-state index in [9.17, 15) is 9.59 Å². The van der Waals surface area contributed by atoms with Crippen LogP contribution in [0.5, 0.6) is 0 Å². The third-order valence-corrected chi connectivity index (χ3v) is 4.20. The zero-order chi connectivity index (χ0) is 17.8. The molecule has 1 N–H and O–H groups in total. The summed E-state index contributed by atoms with van der Waals surface area (Å²) >= 11 is 0. The molecule has 25 heavy (non-hydrogen) atoms. The van der Waals surface area contributed by atoms with Crippen LogP contribution < -0.4 is 15.8 Å². The lowest BCUT2D eigenvalue weighted by Crippen LogP contribution is -2.41. The van der Waals surface area contributed by atoms with Gasteiger partial charge in [-0.05, 0) is 12.5 Å². The van der Waals surface area contributed by atoms with Crippen LogP contribution in [0.1, 0.15) is 11.1 Å². The maximum atomic E-state index is 12.5. The molecule has 7 nitrogen and oxygen atoms in total. The molecule has 3 rings (SSSR count). The van der Waals surface area contributed by atoms with Gasteiger partial charge < -0.3 is 15.0 Å². The molecule has 0 spiro atoms. The van der Waals surface area contributed by atoms with E-state index in [-0.39, 0.29) is 17.9 Å². The van der Waals surface area contributed by atoms with E-state index in [2.05, 4.69) is 10.4 Å². The molecule has 0 saturated carbocycles. The van der Waals surface area contributed by atoms with Gasteiger partial charge in [-0.2, -0.15) is 5.10 Å². The molecule has 0 unspecified atom stereocenters. The highest BCUT2D eigenvalue weighted by molar-refractivity contribution is 5.95. The van der Waals surface area contributed by atoms with E-state index in [1.807, 2.05) is 36.1 Å². The summed E-state index contributed by atoms with van der Waals surface area (Å²) in [6, 6.07) is 7.81. The van der Waals surface area contributed by atoms with Crippen molar-refractivity contribution in [3.63, 3.8) is 0 Å². The Morgan fingerprint density at radius 3 is 2.60 bits per heavy atom. The molecule has 1 fully saturated rings. The van der Waals surface area contributed by atoms with Gasteiger partial charge in [-0.25, -0.2) is 4.68 Å². The van der Waals surface area contributed by atoms with Crippen LogP contribution in [0.25, 0.3) is 0 Å². The maximum absolute atomic E-state index is 12.5. The van der Waals surface area contributed by atoms with E-state index >= 15 is 0 Å². The second-order valence-electron chi connectivity index (χ2n) is 6.15. The molecule has 0 bridgehead atoms. The second-order valence-corrected chi connectivity index (χ2v) is 6.15. The molecule has 1 aromatic heterocycles. The third-order valence-electron chi connectivity index (χ3n) is 4.20. The molecule has 1 amide bonds. The van der Waals surface area contributed by atoms with Crippen LogP contribution in [0.2, 0.25) is 0 Å². The number of hydrogen-bond acceptors (Lipinski definition) is 5. The number of amides is 1. The standard InChI is InChI=1S/C18H22N4O3/c1-13-3-5-14(6-4-13)11-16(23)20-15-12-19-21(2)18(24)17(15)22-7-9-25-10-8-22/h3-6,12H,7-11H2,1-2H3,(H,20,23). The molecule has 7 heteroatoms. The number of rotatable bonds is 4. The molecule has 1 aliphatic rings. The normalized spacial score (nSPS) is 14.4. The molecule has 1 saturated heterocycles. The van der Waals surface area contributed by atoms with Crippen molar-refractivity contribution in [1.29, 1.82) is 0 Å². The van der Waals surface area contributed by atoms with E-state index < -0.39 is 0 Å². The lowest BCUT2D eigenvalue weighted by Gasteiger charge is -2.29. The molecular weight excluding hydrogens is 320 g/mol. The number of morpholine rings is 1. The molecule has 2 aromatic rings. The number of ether oxygens (including phenoxy) is 1. The van der Waals surface area contributed by atoms with Gasteiger partial charge in [0.15, 0.2) is 0 Å². The monoisotopic (exact) mass is 342 g/mol. The molecule has 0 radical (unpaired) electrons. The molecule has 132 valence electrons. The van der Waals surface area contributed by atoms with Crippen LogP contribution in [-0.4, -0.2) is 42.0 Å². The summed E-state index contributed by atoms with van der Waals surface area (Å²) < 4.78 is 6.63. The summed E-state index contributed by atoms with van der Waals surface area (Å²) in [4.78, 5) is 26.9. The molecular formula is C18H22N4O3. The van der Waals surface area contributed by atoms with Gasteiger partial charge in [-0.3, -0.25) is 9.59 Å². The van der Waals surface area contributed by atoms with E-state index in [0.29, 0.717) is 37.7 Å². The maximum Gasteiger partial charge on any atom is 0.292 e. The fourth-order valence-corrected chi connectivity index (χ4v) is 2.80. The van der Waals surface area contributed by atoms with Crippen LogP contribution in [0.15, 0.2) is 35.3 Å². The van der Waals surface area contributed by atoms with Crippen molar-refractivity contribution in [2.75, 3.05) is 36.5 Å². The Labute approximate surface area is 146 Å². The van der Waals surface area contributed by atoms with Crippen LogP contribution in [0, 0.1) is 6.92 Å². The van der Waals surface area contributed by atoms with Crippen molar-refractivity contribution in [2.24, 2.45) is 7.05 Å². The highest BCUT2D eigenvalue weighted by Gasteiger charge is 2.21. The number of carbonyl (C=O) groups excluding carboxylic acids is 1. The average molecular weight is 342 g/mol. The van der Waals surface area contributed by atoms with Gasteiger partial charge in [0, 0.05) is 20.1 Å². The predicted octanol–water partition coefficient (Wildman–Crippen LogP) is 1.11. The number of nitrogens with zero attached hydrogens (tertiary/aromatic N) is 3. The minimum absolute atomic E-state index is 0.173. The van der Waals surface area contributed by atoms with E-state index in [1.54, 1.807) is 7.05 Å². The Morgan fingerprint density at radius 2 is 1.92 bits per heavy atom. The number of aryl methyl sites for hydroxylation is 2. The minimum Gasteiger partial charge on any atom is -0.378 e. The lowest BCUT2D eigenvalue weighted by molar-refractivity contribution is -0.115. The SMILES string of the molecule is Cc1ccc(CC(=O)Nc2cnn(C)c(=O)c2N2CCOCC2)cc1. The first-order chi connectivity index (χ1) is 12.0. The summed E-state index contributed by atoms with van der Waals surface area (Å²) in [5.41, 5.74) is 2.76. The van der Waals surface area contributed by atoms with Crippen molar-refractivity contribution in [3.8, 4) is 0 Å². The molecule has 0 atom stereocenters. The van der Waals surface area contributed by atoms with Crippen molar-refractivity contribution in [2.45, 2.75) is 13.3 Å². The Balaban J connectivity index is 1.81. The second kappa shape index (κ2) is 7.48. The zero-order valence-corrected chi connectivity index (χ0v) is 14.5. The van der Waals surface area contributed by atoms with Crippen molar-refractivity contribution in [3.05, 3.63) is 51.9 Å². The van der Waals surface area contributed by atoms with Gasteiger partial charge in [0.1, 0.15) is 5.69 Å². The lowest BCUT2D eigenvalue weighted by atomic mass is 10.1. The minimum atomic E-state index is -0.227. The van der Waals surface area contributed by atoms with Gasteiger partial charge >= 0.3 is 0 Å². The zero-order valence-electron chi connectivity index (χ0n) is 14.5. The number of anilines is 2. The van der Waals surface area contributed by atoms with Gasteiger partial charge in [0.25, 0.3) is 5.56 Å². The molecule has 1 aromatic carbocycles. The van der Waals surface area contributed by atoms with Gasteiger partial charge in [-0.15, -0.1) is 0 Å². The molecule has 2 heterocycles. The molecule has 0 aliphatic carbocycles. The fraction of sp³-hybridized carbons (Fsp3) is 0.389. The topological polar surface area (TPSA) is 76.5 Å². The summed E-state index contributed by atoms with van der Waals surface area (Å²) in [6.45, 7) is 4.34. The first-order valence-corrected chi connectivity index (χ1v) is 8.29. The third kappa shape index (κ3) is 4.06. The smallest absolute Gasteiger partial charge is 0.292 e.